The normalized spacial score (nSPS) is 15.8. The van der Waals surface area contributed by atoms with Gasteiger partial charge in [0.25, 0.3) is 0 Å². The van der Waals surface area contributed by atoms with Gasteiger partial charge in [-0.15, -0.1) is 0 Å². The van der Waals surface area contributed by atoms with Crippen LogP contribution in [0.3, 0.4) is 0 Å². The molecule has 1 rings (SSSR count). The lowest BCUT2D eigenvalue weighted by Gasteiger charge is -2.36. The zero-order valence-electron chi connectivity index (χ0n) is 12.4. The van der Waals surface area contributed by atoms with Crippen molar-refractivity contribution in [2.45, 2.75) is 37.0 Å². The Balaban J connectivity index is 3.43. The SMILES string of the molecule is COC(=O)c1ccccc1C(C)(O)CC(F)(C(F)(F)F)C(F)(F)F. The van der Waals surface area contributed by atoms with E-state index in [1.165, 1.54) is 6.07 Å². The Morgan fingerprint density at radius 1 is 1.04 bits per heavy atom. The van der Waals surface area contributed by atoms with Gasteiger partial charge < -0.3 is 9.84 Å². The van der Waals surface area contributed by atoms with Crippen LogP contribution in [-0.2, 0) is 10.3 Å². The summed E-state index contributed by atoms with van der Waals surface area (Å²) in [7, 11) is 0.929. The summed E-state index contributed by atoms with van der Waals surface area (Å²) in [5.74, 6) is -1.10. The third-order valence-corrected chi connectivity index (χ3v) is 3.40. The van der Waals surface area contributed by atoms with Gasteiger partial charge in [0.2, 0.25) is 0 Å². The lowest BCUT2D eigenvalue weighted by Crippen LogP contribution is -2.56. The van der Waals surface area contributed by atoms with E-state index < -0.39 is 47.1 Å². The fraction of sp³-hybridized carbons (Fsp3) is 0.500. The predicted molar refractivity (Wildman–Crippen MR) is 67.9 cm³/mol. The summed E-state index contributed by atoms with van der Waals surface area (Å²) in [5.41, 5.74) is -9.71. The van der Waals surface area contributed by atoms with Gasteiger partial charge in [-0.3, -0.25) is 0 Å². The summed E-state index contributed by atoms with van der Waals surface area (Å²) in [5, 5.41) is 10.1. The first-order valence-electron chi connectivity index (χ1n) is 6.40. The fourth-order valence-electron chi connectivity index (χ4n) is 2.17. The highest BCUT2D eigenvalue weighted by Gasteiger charge is 2.73. The zero-order valence-corrected chi connectivity index (χ0v) is 12.4. The molecule has 10 heteroatoms. The number of alkyl halides is 7. The van der Waals surface area contributed by atoms with E-state index in [0.717, 1.165) is 25.3 Å². The van der Waals surface area contributed by atoms with Crippen molar-refractivity contribution in [2.75, 3.05) is 7.11 Å². The van der Waals surface area contributed by atoms with E-state index in [9.17, 15) is 40.6 Å². The first-order valence-corrected chi connectivity index (χ1v) is 6.40. The van der Waals surface area contributed by atoms with Crippen LogP contribution >= 0.6 is 0 Å². The molecule has 0 aliphatic carbocycles. The number of rotatable bonds is 4. The number of hydrogen-bond donors (Lipinski definition) is 1. The van der Waals surface area contributed by atoms with Crippen molar-refractivity contribution in [1.29, 1.82) is 0 Å². The molecule has 1 atom stereocenters. The summed E-state index contributed by atoms with van der Waals surface area (Å²) in [6.45, 7) is 0.556. The standard InChI is InChI=1S/C14H13F7O3/c1-11(23,7-12(15,13(16,17)18)14(19,20)21)9-6-4-3-5-8(9)10(22)24-2/h3-6,23H,7H2,1-2H3. The van der Waals surface area contributed by atoms with Crippen molar-refractivity contribution in [3.8, 4) is 0 Å². The Labute approximate surface area is 132 Å². The van der Waals surface area contributed by atoms with Crippen molar-refractivity contribution >= 4 is 5.97 Å². The van der Waals surface area contributed by atoms with Gasteiger partial charge in [-0.1, -0.05) is 18.2 Å². The first kappa shape index (κ1) is 20.2. The molecule has 1 unspecified atom stereocenters. The minimum Gasteiger partial charge on any atom is -0.465 e. The molecule has 1 N–H and O–H groups in total. The number of halogens is 7. The monoisotopic (exact) mass is 362 g/mol. The maximum atomic E-state index is 13.9. The van der Waals surface area contributed by atoms with Crippen LogP contribution in [0.5, 0.6) is 0 Å². The molecule has 0 fully saturated rings. The topological polar surface area (TPSA) is 46.5 Å². The smallest absolute Gasteiger partial charge is 0.431 e. The Morgan fingerprint density at radius 3 is 1.92 bits per heavy atom. The molecule has 0 spiro atoms. The van der Waals surface area contributed by atoms with Gasteiger partial charge in [-0.2, -0.15) is 26.3 Å². The van der Waals surface area contributed by atoms with E-state index in [2.05, 4.69) is 4.74 Å². The number of ether oxygens (including phenoxy) is 1. The van der Waals surface area contributed by atoms with E-state index in [1.807, 2.05) is 0 Å². The molecular weight excluding hydrogens is 349 g/mol. The van der Waals surface area contributed by atoms with E-state index in [1.54, 1.807) is 0 Å². The maximum absolute atomic E-state index is 13.9. The Morgan fingerprint density at radius 2 is 1.50 bits per heavy atom. The van der Waals surface area contributed by atoms with Gasteiger partial charge in [0.05, 0.1) is 18.3 Å². The number of aliphatic hydroxyl groups is 1. The quantitative estimate of drug-likeness (QED) is 0.653. The summed E-state index contributed by atoms with van der Waals surface area (Å²) in [6.07, 6.45) is -15.0. The number of carbonyl (C=O) groups excluding carboxylic acids is 1. The van der Waals surface area contributed by atoms with Gasteiger partial charge >= 0.3 is 24.0 Å². The van der Waals surface area contributed by atoms with Crippen molar-refractivity contribution in [3.05, 3.63) is 35.4 Å². The lowest BCUT2D eigenvalue weighted by atomic mass is 9.81. The number of hydrogen-bond acceptors (Lipinski definition) is 3. The molecule has 0 saturated heterocycles. The Kier molecular flexibility index (Phi) is 5.24. The van der Waals surface area contributed by atoms with Gasteiger partial charge in [0, 0.05) is 6.42 Å². The summed E-state index contributed by atoms with van der Waals surface area (Å²) >= 11 is 0. The minimum atomic E-state index is -6.31. The van der Waals surface area contributed by atoms with Crippen molar-refractivity contribution in [3.63, 3.8) is 0 Å². The van der Waals surface area contributed by atoms with Crippen LogP contribution in [0.4, 0.5) is 30.7 Å². The largest absolute Gasteiger partial charge is 0.465 e. The molecule has 3 nitrogen and oxygen atoms in total. The molecule has 0 aliphatic rings. The Hall–Kier alpha value is -1.84. The average Bonchev–Trinajstić information content (AvgIpc) is 2.43. The number of carbonyl (C=O) groups is 1. The number of esters is 1. The third-order valence-electron chi connectivity index (χ3n) is 3.40. The lowest BCUT2D eigenvalue weighted by molar-refractivity contribution is -0.352. The molecule has 136 valence electrons. The maximum Gasteiger partial charge on any atom is 0.431 e. The Bertz CT molecular complexity index is 591. The van der Waals surface area contributed by atoms with Crippen molar-refractivity contribution < 1.29 is 45.4 Å². The first-order chi connectivity index (χ1) is 10.7. The second kappa shape index (κ2) is 6.23. The molecule has 1 aromatic rings. The van der Waals surface area contributed by atoms with Crippen LogP contribution in [0.25, 0.3) is 0 Å². The third kappa shape index (κ3) is 3.63. The molecule has 0 aliphatic heterocycles. The highest BCUT2D eigenvalue weighted by Crippen LogP contribution is 2.52. The van der Waals surface area contributed by atoms with Crippen molar-refractivity contribution in [1.82, 2.24) is 0 Å². The zero-order chi connectivity index (χ0) is 19.0. The van der Waals surface area contributed by atoms with Crippen LogP contribution in [0.2, 0.25) is 0 Å². The van der Waals surface area contributed by atoms with Gasteiger partial charge in [-0.25, -0.2) is 9.18 Å². The second-order valence-corrected chi connectivity index (χ2v) is 5.28. The number of methoxy groups -OCH3 is 1. The van der Waals surface area contributed by atoms with Crippen LogP contribution in [0, 0.1) is 0 Å². The van der Waals surface area contributed by atoms with E-state index in [-0.39, 0.29) is 0 Å². The molecule has 24 heavy (non-hydrogen) atoms. The fourth-order valence-corrected chi connectivity index (χ4v) is 2.17. The van der Waals surface area contributed by atoms with Gasteiger partial charge in [0.15, 0.2) is 0 Å². The predicted octanol–water partition coefficient (Wildman–Crippen LogP) is 3.90. The molecule has 1 aromatic carbocycles. The second-order valence-electron chi connectivity index (χ2n) is 5.28. The van der Waals surface area contributed by atoms with Crippen molar-refractivity contribution in [2.24, 2.45) is 0 Å². The molecule has 0 bridgehead atoms. The van der Waals surface area contributed by atoms with Crippen LogP contribution in [0.1, 0.15) is 29.3 Å². The average molecular weight is 362 g/mol. The van der Waals surface area contributed by atoms with Crippen LogP contribution < -0.4 is 0 Å². The van der Waals surface area contributed by atoms with Gasteiger partial charge in [0.1, 0.15) is 0 Å². The molecular formula is C14H13F7O3. The van der Waals surface area contributed by atoms with Crippen LogP contribution in [-0.4, -0.2) is 36.2 Å². The van der Waals surface area contributed by atoms with Gasteiger partial charge in [-0.05, 0) is 18.6 Å². The van der Waals surface area contributed by atoms with E-state index >= 15 is 0 Å². The highest BCUT2D eigenvalue weighted by atomic mass is 19.4. The number of benzene rings is 1. The molecule has 0 radical (unpaired) electrons. The van der Waals surface area contributed by atoms with E-state index in [4.69, 9.17) is 0 Å². The van der Waals surface area contributed by atoms with E-state index in [0.29, 0.717) is 6.92 Å². The summed E-state index contributed by atoms with van der Waals surface area (Å²) < 4.78 is 94.3. The summed E-state index contributed by atoms with van der Waals surface area (Å²) in [6, 6.07) is 4.36. The molecule has 0 aromatic heterocycles. The summed E-state index contributed by atoms with van der Waals surface area (Å²) in [4.78, 5) is 11.6. The molecule has 0 saturated carbocycles. The highest BCUT2D eigenvalue weighted by molar-refractivity contribution is 5.91. The minimum absolute atomic E-state index is 0.475. The molecule has 0 amide bonds. The molecule has 0 heterocycles. The van der Waals surface area contributed by atoms with Crippen LogP contribution in [0.15, 0.2) is 24.3 Å².